The van der Waals surface area contributed by atoms with Gasteiger partial charge in [-0.15, -0.1) is 0 Å². The number of aliphatic carboxylic acids is 1. The van der Waals surface area contributed by atoms with E-state index in [1.54, 1.807) is 0 Å². The molecular formula is C15H17Cl2N3O4. The lowest BCUT2D eigenvalue weighted by Gasteiger charge is -2.00. The number of amides is 1. The molecule has 0 bridgehead atoms. The molecule has 130 valence electrons. The molecule has 0 heterocycles. The van der Waals surface area contributed by atoms with Gasteiger partial charge < -0.3 is 24.9 Å². The van der Waals surface area contributed by atoms with E-state index in [1.807, 2.05) is 30.3 Å². The van der Waals surface area contributed by atoms with Crippen LogP contribution in [-0.2, 0) is 20.9 Å². The van der Waals surface area contributed by atoms with Gasteiger partial charge >= 0.3 is 12.5 Å². The lowest BCUT2D eigenvalue weighted by atomic mass is 10.2. The van der Waals surface area contributed by atoms with Gasteiger partial charge in [-0.1, -0.05) is 53.5 Å². The first-order chi connectivity index (χ1) is 11.4. The van der Waals surface area contributed by atoms with Gasteiger partial charge in [-0.05, 0) is 5.56 Å². The number of carbonyl (C=O) groups excluding carboxylic acids is 1. The van der Waals surface area contributed by atoms with Crippen molar-refractivity contribution in [3.05, 3.63) is 58.7 Å². The molecule has 0 aromatic heterocycles. The van der Waals surface area contributed by atoms with Crippen LogP contribution in [0.1, 0.15) is 5.56 Å². The summed E-state index contributed by atoms with van der Waals surface area (Å²) in [4.78, 5) is 25.8. The van der Waals surface area contributed by atoms with Gasteiger partial charge in [0.15, 0.2) is 0 Å². The minimum Gasteiger partial charge on any atom is -0.476 e. The maximum Gasteiger partial charge on any atom is 0.384 e. The van der Waals surface area contributed by atoms with Crippen LogP contribution in [0.25, 0.3) is 9.69 Å². The summed E-state index contributed by atoms with van der Waals surface area (Å²) in [6.45, 7) is 12.4. The second-order valence-electron chi connectivity index (χ2n) is 3.78. The van der Waals surface area contributed by atoms with E-state index in [9.17, 15) is 9.59 Å². The van der Waals surface area contributed by atoms with E-state index in [1.165, 1.54) is 7.11 Å². The number of nitrogens with zero attached hydrogens (tertiary/aromatic N) is 2. The summed E-state index contributed by atoms with van der Waals surface area (Å²) in [6, 6.07) is 9.60. The van der Waals surface area contributed by atoms with E-state index in [0.29, 0.717) is 6.54 Å². The zero-order chi connectivity index (χ0) is 18.8. The van der Waals surface area contributed by atoms with Gasteiger partial charge in [-0.3, -0.25) is 4.79 Å². The van der Waals surface area contributed by atoms with E-state index in [-0.39, 0.29) is 12.5 Å². The minimum absolute atomic E-state index is 0.0904. The molecule has 0 saturated carbocycles. The zero-order valence-corrected chi connectivity index (χ0v) is 14.4. The number of methoxy groups -OCH3 is 1. The van der Waals surface area contributed by atoms with Crippen LogP contribution >= 0.6 is 23.2 Å². The molecule has 24 heavy (non-hydrogen) atoms. The lowest BCUT2D eigenvalue weighted by molar-refractivity contribution is -0.134. The molecule has 0 spiro atoms. The molecule has 0 radical (unpaired) electrons. The van der Waals surface area contributed by atoms with Crippen molar-refractivity contribution in [3.63, 3.8) is 0 Å². The number of nitrogens with one attached hydrogen (secondary N) is 1. The van der Waals surface area contributed by atoms with Crippen LogP contribution in [0.2, 0.25) is 0 Å². The number of carboxylic acid groups (broad SMARTS) is 1. The van der Waals surface area contributed by atoms with Crippen molar-refractivity contribution < 1.29 is 19.4 Å². The minimum atomic E-state index is -1.06. The van der Waals surface area contributed by atoms with E-state index in [0.717, 1.165) is 5.56 Å². The Kier molecular flexibility index (Phi) is 17.0. The molecule has 1 rings (SSSR count). The monoisotopic (exact) mass is 373 g/mol. The number of rotatable bonds is 5. The van der Waals surface area contributed by atoms with Crippen LogP contribution in [0.15, 0.2) is 30.3 Å². The van der Waals surface area contributed by atoms with Crippen LogP contribution < -0.4 is 5.32 Å². The van der Waals surface area contributed by atoms with Crippen molar-refractivity contribution in [1.29, 1.82) is 0 Å². The number of halogens is 2. The van der Waals surface area contributed by atoms with Crippen molar-refractivity contribution in [3.8, 4) is 0 Å². The van der Waals surface area contributed by atoms with Gasteiger partial charge in [0.1, 0.15) is 0 Å². The normalized spacial score (nSPS) is 8.42. The highest BCUT2D eigenvalue weighted by Gasteiger charge is 2.01. The predicted molar refractivity (Wildman–Crippen MR) is 91.4 cm³/mol. The molecule has 0 aliphatic heterocycles. The van der Waals surface area contributed by atoms with Crippen LogP contribution in [0.5, 0.6) is 0 Å². The highest BCUT2D eigenvalue weighted by Crippen LogP contribution is 1.98. The Labute approximate surface area is 150 Å². The Hall–Kier alpha value is -2.32. The third kappa shape index (κ3) is 19.7. The Bertz CT molecular complexity index is 554. The molecule has 0 fully saturated rings. The van der Waals surface area contributed by atoms with Crippen LogP contribution in [-0.4, -0.2) is 42.2 Å². The van der Waals surface area contributed by atoms with Gasteiger partial charge in [0.25, 0.3) is 12.5 Å². The largest absolute Gasteiger partial charge is 0.476 e. The number of carbonyl (C=O) groups is 2. The number of hydrogen-bond donors (Lipinski definition) is 2. The van der Waals surface area contributed by atoms with E-state index in [4.69, 9.17) is 41.5 Å². The van der Waals surface area contributed by atoms with Crippen LogP contribution in [0.4, 0.5) is 0 Å². The van der Waals surface area contributed by atoms with Gasteiger partial charge in [0.2, 0.25) is 5.02 Å². The lowest BCUT2D eigenvalue weighted by Crippen LogP contribution is -2.24. The number of alkyl halides is 2. The summed E-state index contributed by atoms with van der Waals surface area (Å²) in [7, 11) is 1.44. The van der Waals surface area contributed by atoms with E-state index >= 15 is 0 Å². The third-order valence-corrected chi connectivity index (χ3v) is 2.30. The average molecular weight is 374 g/mol. The Morgan fingerprint density at radius 3 is 2.04 bits per heavy atom. The molecule has 1 aromatic rings. The van der Waals surface area contributed by atoms with Gasteiger partial charge in [-0.2, -0.15) is 0 Å². The second kappa shape index (κ2) is 17.0. The second-order valence-corrected chi connectivity index (χ2v) is 4.80. The molecule has 0 unspecified atom stereocenters. The van der Waals surface area contributed by atoms with Crippen molar-refractivity contribution in [1.82, 2.24) is 5.32 Å². The molecule has 0 aliphatic rings. The molecule has 7 nitrogen and oxygen atoms in total. The molecule has 2 N–H and O–H groups in total. The first kappa shape index (κ1) is 23.9. The Balaban J connectivity index is 0. The fourth-order valence-corrected chi connectivity index (χ4v) is 0.992. The summed E-state index contributed by atoms with van der Waals surface area (Å²) in [5.74, 6) is -1.29. The maximum absolute atomic E-state index is 10.9. The molecule has 1 amide bonds. The topological polar surface area (TPSA) is 84.4 Å². The number of ether oxygens (including phenoxy) is 1. The van der Waals surface area contributed by atoms with Crippen molar-refractivity contribution in [2.45, 2.75) is 11.6 Å². The summed E-state index contributed by atoms with van der Waals surface area (Å²) in [6.07, 6.45) is 0. The van der Waals surface area contributed by atoms with E-state index < -0.39 is 17.5 Å². The predicted octanol–water partition coefficient (Wildman–Crippen LogP) is 2.61. The quantitative estimate of drug-likeness (QED) is 0.613. The molecule has 1 aromatic carbocycles. The van der Waals surface area contributed by atoms with Gasteiger partial charge in [0, 0.05) is 13.7 Å². The first-order valence-electron chi connectivity index (χ1n) is 6.37. The Morgan fingerprint density at radius 2 is 1.71 bits per heavy atom. The smallest absolute Gasteiger partial charge is 0.384 e. The Morgan fingerprint density at radius 1 is 1.21 bits per heavy atom. The maximum atomic E-state index is 10.9. The number of hydrogen-bond acceptors (Lipinski definition) is 3. The molecule has 0 atom stereocenters. The molecule has 0 saturated heterocycles. The number of benzene rings is 1. The van der Waals surface area contributed by atoms with Crippen LogP contribution in [0.3, 0.4) is 0 Å². The summed E-state index contributed by atoms with van der Waals surface area (Å²) in [5, 5.41) is 9.68. The molecular weight excluding hydrogens is 357 g/mol. The first-order valence-corrected chi connectivity index (χ1v) is 7.24. The van der Waals surface area contributed by atoms with E-state index in [2.05, 4.69) is 19.7 Å². The standard InChI is InChI=1S/C10H10N2O.C3H3NO2.C2H4Cl2O/c1-11-8-10(13)12-7-9-5-3-2-4-6-9;1-4-2-3(5)6;1-5-2(3)4/h2-6H,7-8H2,(H,12,13);2H2,(H,5,6);2H,1H3. The molecule has 9 heteroatoms. The zero-order valence-electron chi connectivity index (χ0n) is 12.9. The van der Waals surface area contributed by atoms with Gasteiger partial charge in [0.05, 0.1) is 0 Å². The van der Waals surface area contributed by atoms with Crippen molar-refractivity contribution >= 4 is 35.1 Å². The van der Waals surface area contributed by atoms with Gasteiger partial charge in [-0.25, -0.2) is 17.9 Å². The third-order valence-electron chi connectivity index (χ3n) is 1.95. The highest BCUT2D eigenvalue weighted by molar-refractivity contribution is 6.43. The summed E-state index contributed by atoms with van der Waals surface area (Å²) >= 11 is 10.0. The summed E-state index contributed by atoms with van der Waals surface area (Å²) in [5.41, 5.74) is 1.04. The highest BCUT2D eigenvalue weighted by atomic mass is 35.5. The molecule has 0 aliphatic carbocycles. The van der Waals surface area contributed by atoms with Crippen LogP contribution in [0, 0.1) is 13.1 Å². The summed E-state index contributed by atoms with van der Waals surface area (Å²) < 4.78 is 4.28. The fraction of sp³-hybridized carbons (Fsp3) is 0.333. The van der Waals surface area contributed by atoms with Crippen molar-refractivity contribution in [2.24, 2.45) is 0 Å². The fourth-order valence-electron chi connectivity index (χ4n) is 0.992. The van der Waals surface area contributed by atoms with Crippen molar-refractivity contribution in [2.75, 3.05) is 20.2 Å². The SMILES string of the molecule is COC(Cl)Cl.[C-]#[N+]CC(=O)NCc1ccccc1.[C-]#[N+]CC(=O)O. The average Bonchev–Trinajstić information content (AvgIpc) is 2.55. The number of carboxylic acids is 1.